The number of hydrogen-bond acceptors (Lipinski definition) is 4. The van der Waals surface area contributed by atoms with Gasteiger partial charge in [-0.15, -0.1) is 0 Å². The Morgan fingerprint density at radius 1 is 1.40 bits per heavy atom. The van der Waals surface area contributed by atoms with E-state index in [1.54, 1.807) is 18.0 Å². The first kappa shape index (κ1) is 19.5. The van der Waals surface area contributed by atoms with Gasteiger partial charge in [-0.3, -0.25) is 0 Å². The van der Waals surface area contributed by atoms with Crippen molar-refractivity contribution in [2.75, 3.05) is 27.2 Å². The van der Waals surface area contributed by atoms with Crippen molar-refractivity contribution in [2.45, 2.75) is 6.42 Å². The van der Waals surface area contributed by atoms with E-state index in [2.05, 4.69) is 21.4 Å². The number of ether oxygens (including phenoxy) is 1. The molecule has 0 saturated carbocycles. The van der Waals surface area contributed by atoms with Crippen LogP contribution in [0.3, 0.4) is 0 Å². The largest absolute Gasteiger partial charge is 0.496 e. The van der Waals surface area contributed by atoms with E-state index in [4.69, 9.17) is 4.74 Å². The van der Waals surface area contributed by atoms with Gasteiger partial charge in [0.1, 0.15) is 23.3 Å². The number of urea groups is 1. The molecule has 2 amide bonds. The molecule has 0 radical (unpaired) electrons. The minimum Gasteiger partial charge on any atom is -0.496 e. The fourth-order valence-electron chi connectivity index (χ4n) is 3.75. The van der Waals surface area contributed by atoms with Crippen LogP contribution in [-0.4, -0.2) is 48.1 Å². The van der Waals surface area contributed by atoms with Gasteiger partial charge in [0.15, 0.2) is 0 Å². The first-order valence-corrected chi connectivity index (χ1v) is 9.47. The van der Waals surface area contributed by atoms with E-state index in [9.17, 15) is 14.4 Å². The van der Waals surface area contributed by atoms with Crippen molar-refractivity contribution in [3.8, 4) is 22.9 Å². The molecule has 0 bridgehead atoms. The second kappa shape index (κ2) is 7.87. The summed E-state index contributed by atoms with van der Waals surface area (Å²) in [5.74, 6) is 0.0564. The number of nitriles is 1. The van der Waals surface area contributed by atoms with Crippen LogP contribution in [0.25, 0.3) is 27.7 Å². The van der Waals surface area contributed by atoms with E-state index in [1.165, 1.54) is 25.4 Å². The van der Waals surface area contributed by atoms with Crippen LogP contribution in [0.15, 0.2) is 36.5 Å². The van der Waals surface area contributed by atoms with Gasteiger partial charge in [-0.2, -0.15) is 5.26 Å². The third-order valence-corrected chi connectivity index (χ3v) is 5.27. The standard InChI is InChI=1S/C22H20FN5O2/c1-25-22(29)28-7-5-13(6-8-28)18-10-17-20(14(11-24)12-26-21(17)27-18)16-9-15(23)3-4-19(16)30-2/h3-5,9-10,12H,6-8H2,1-2H3,(H,25,29)(H,26,27). The SMILES string of the molecule is CNC(=O)N1CC=C(c2cc3c(-c4cc(F)ccc4OC)c(C#N)cnc3[nH]2)CC1. The molecule has 1 aliphatic rings. The zero-order valence-electron chi connectivity index (χ0n) is 16.6. The Labute approximate surface area is 172 Å². The van der Waals surface area contributed by atoms with Crippen molar-refractivity contribution < 1.29 is 13.9 Å². The summed E-state index contributed by atoms with van der Waals surface area (Å²) in [5.41, 5.74) is 3.92. The summed E-state index contributed by atoms with van der Waals surface area (Å²) in [7, 11) is 3.12. The molecule has 0 spiro atoms. The number of benzene rings is 1. The number of pyridine rings is 1. The molecule has 7 nitrogen and oxygen atoms in total. The fraction of sp³-hybridized carbons (Fsp3) is 0.227. The van der Waals surface area contributed by atoms with Crippen molar-refractivity contribution in [1.29, 1.82) is 5.26 Å². The number of rotatable bonds is 3. The lowest BCUT2D eigenvalue weighted by Crippen LogP contribution is -2.40. The van der Waals surface area contributed by atoms with E-state index in [0.717, 1.165) is 11.3 Å². The van der Waals surface area contributed by atoms with Crippen molar-refractivity contribution in [2.24, 2.45) is 0 Å². The first-order chi connectivity index (χ1) is 14.5. The van der Waals surface area contributed by atoms with E-state index in [0.29, 0.717) is 53.0 Å². The van der Waals surface area contributed by atoms with Gasteiger partial charge in [0, 0.05) is 48.5 Å². The van der Waals surface area contributed by atoms with Crippen LogP contribution in [0.5, 0.6) is 5.75 Å². The molecule has 0 unspecified atom stereocenters. The lowest BCUT2D eigenvalue weighted by atomic mass is 9.97. The van der Waals surface area contributed by atoms with Gasteiger partial charge in [0.2, 0.25) is 0 Å². The molecular formula is C22H20FN5O2. The zero-order chi connectivity index (χ0) is 21.3. The predicted octanol–water partition coefficient (Wildman–Crippen LogP) is 3.68. The number of aromatic amines is 1. The number of hydrogen-bond donors (Lipinski definition) is 2. The number of H-pyrrole nitrogens is 1. The van der Waals surface area contributed by atoms with Crippen molar-refractivity contribution in [3.05, 3.63) is 53.6 Å². The van der Waals surface area contributed by atoms with Crippen molar-refractivity contribution in [1.82, 2.24) is 20.2 Å². The van der Waals surface area contributed by atoms with Crippen LogP contribution in [0.4, 0.5) is 9.18 Å². The van der Waals surface area contributed by atoms with E-state index < -0.39 is 5.82 Å². The summed E-state index contributed by atoms with van der Waals surface area (Å²) >= 11 is 0. The highest BCUT2D eigenvalue weighted by Crippen LogP contribution is 2.38. The molecule has 0 atom stereocenters. The number of nitrogens with zero attached hydrogens (tertiary/aromatic N) is 3. The summed E-state index contributed by atoms with van der Waals surface area (Å²) in [4.78, 5) is 21.2. The predicted molar refractivity (Wildman–Crippen MR) is 111 cm³/mol. The van der Waals surface area contributed by atoms with Crippen LogP contribution < -0.4 is 10.1 Å². The Bertz CT molecular complexity index is 1210. The lowest BCUT2D eigenvalue weighted by Gasteiger charge is -2.25. The molecule has 0 saturated heterocycles. The number of aromatic nitrogens is 2. The third-order valence-electron chi connectivity index (χ3n) is 5.27. The molecule has 4 rings (SSSR count). The summed E-state index contributed by atoms with van der Waals surface area (Å²) in [5, 5.41) is 13.0. The Hall–Kier alpha value is -3.86. The van der Waals surface area contributed by atoms with Crippen molar-refractivity contribution in [3.63, 3.8) is 0 Å². The fourth-order valence-corrected chi connectivity index (χ4v) is 3.75. The molecule has 152 valence electrons. The Morgan fingerprint density at radius 2 is 2.23 bits per heavy atom. The van der Waals surface area contributed by atoms with Gasteiger partial charge in [-0.05, 0) is 36.3 Å². The Kier molecular flexibility index (Phi) is 5.11. The molecule has 0 fully saturated rings. The maximum atomic E-state index is 14.0. The van der Waals surface area contributed by atoms with Gasteiger partial charge in [0.05, 0.1) is 12.7 Å². The maximum absolute atomic E-state index is 14.0. The molecule has 1 aliphatic heterocycles. The molecule has 3 aromatic rings. The van der Waals surface area contributed by atoms with Crippen LogP contribution in [-0.2, 0) is 0 Å². The average Bonchev–Trinajstić information content (AvgIpc) is 3.22. The summed E-state index contributed by atoms with van der Waals surface area (Å²) in [6.07, 6.45) is 4.16. The number of methoxy groups -OCH3 is 1. The van der Waals surface area contributed by atoms with Crippen LogP contribution in [0.2, 0.25) is 0 Å². The molecule has 3 heterocycles. The van der Waals surface area contributed by atoms with Gasteiger partial charge in [0.25, 0.3) is 0 Å². The minimum absolute atomic E-state index is 0.109. The summed E-state index contributed by atoms with van der Waals surface area (Å²) < 4.78 is 19.4. The number of halogens is 1. The molecule has 8 heteroatoms. The number of nitrogens with one attached hydrogen (secondary N) is 2. The molecule has 1 aromatic carbocycles. The normalized spacial score (nSPS) is 13.7. The number of amides is 2. The molecule has 2 aromatic heterocycles. The van der Waals surface area contributed by atoms with Gasteiger partial charge < -0.3 is 19.9 Å². The number of fused-ring (bicyclic) bond motifs is 1. The Morgan fingerprint density at radius 3 is 2.90 bits per heavy atom. The van der Waals surface area contributed by atoms with Crippen molar-refractivity contribution >= 4 is 22.6 Å². The highest BCUT2D eigenvalue weighted by atomic mass is 19.1. The van der Waals surface area contributed by atoms with E-state index in [-0.39, 0.29) is 6.03 Å². The van der Waals surface area contributed by atoms with E-state index >= 15 is 0 Å². The lowest BCUT2D eigenvalue weighted by molar-refractivity contribution is 0.205. The van der Waals surface area contributed by atoms with Gasteiger partial charge in [-0.25, -0.2) is 14.2 Å². The quantitative estimate of drug-likeness (QED) is 0.695. The van der Waals surface area contributed by atoms with Gasteiger partial charge >= 0.3 is 6.03 Å². The second-order valence-electron chi connectivity index (χ2n) is 6.93. The molecular weight excluding hydrogens is 385 g/mol. The topological polar surface area (TPSA) is 94.0 Å². The molecule has 0 aliphatic carbocycles. The zero-order valence-corrected chi connectivity index (χ0v) is 16.6. The average molecular weight is 405 g/mol. The number of carbonyl (C=O) groups excluding carboxylic acids is 1. The smallest absolute Gasteiger partial charge is 0.317 e. The third kappa shape index (κ3) is 3.35. The van der Waals surface area contributed by atoms with E-state index in [1.807, 2.05) is 12.1 Å². The van der Waals surface area contributed by atoms with Gasteiger partial charge in [-0.1, -0.05) is 6.08 Å². The summed E-state index contributed by atoms with van der Waals surface area (Å²) in [6.45, 7) is 1.11. The van der Waals surface area contributed by atoms with Crippen LogP contribution >= 0.6 is 0 Å². The van der Waals surface area contributed by atoms with Crippen LogP contribution in [0, 0.1) is 17.1 Å². The monoisotopic (exact) mass is 405 g/mol. The first-order valence-electron chi connectivity index (χ1n) is 9.47. The maximum Gasteiger partial charge on any atom is 0.317 e. The minimum atomic E-state index is -0.417. The molecule has 2 N–H and O–H groups in total. The number of carbonyl (C=O) groups is 1. The summed E-state index contributed by atoms with van der Waals surface area (Å²) in [6, 6.07) is 8.19. The van der Waals surface area contributed by atoms with Crippen LogP contribution in [0.1, 0.15) is 17.7 Å². The molecule has 30 heavy (non-hydrogen) atoms. The Balaban J connectivity index is 1.83. The second-order valence-corrected chi connectivity index (χ2v) is 6.93. The highest BCUT2D eigenvalue weighted by molar-refractivity contribution is 5.99. The highest BCUT2D eigenvalue weighted by Gasteiger charge is 2.21.